The van der Waals surface area contributed by atoms with Crippen LogP contribution in [-0.4, -0.2) is 39.2 Å². The third-order valence-electron chi connectivity index (χ3n) is 2.61. The summed E-state index contributed by atoms with van der Waals surface area (Å²) in [6.07, 6.45) is 1.19. The molecule has 92 valence electrons. The SMILES string of the molecule is CC(C)(C)C(=O)CCB1OCCNCCO1. The van der Waals surface area contributed by atoms with Crippen LogP contribution in [0.15, 0.2) is 0 Å². The first-order chi connectivity index (χ1) is 7.50. The fraction of sp³-hybridized carbons (Fsp3) is 0.909. The maximum absolute atomic E-state index is 11.7. The van der Waals surface area contributed by atoms with E-state index in [9.17, 15) is 4.79 Å². The zero-order chi connectivity index (χ0) is 12.0. The third-order valence-corrected chi connectivity index (χ3v) is 2.61. The molecule has 1 aliphatic rings. The average molecular weight is 227 g/mol. The summed E-state index contributed by atoms with van der Waals surface area (Å²) in [5.41, 5.74) is -0.261. The van der Waals surface area contributed by atoms with Gasteiger partial charge in [0, 0.05) is 38.1 Å². The molecule has 0 spiro atoms. The Morgan fingerprint density at radius 2 is 1.81 bits per heavy atom. The van der Waals surface area contributed by atoms with Gasteiger partial charge in [-0.15, -0.1) is 0 Å². The van der Waals surface area contributed by atoms with Gasteiger partial charge in [0.05, 0.1) is 0 Å². The van der Waals surface area contributed by atoms with Crippen LogP contribution in [0.3, 0.4) is 0 Å². The van der Waals surface area contributed by atoms with E-state index in [1.807, 2.05) is 20.8 Å². The lowest BCUT2D eigenvalue weighted by molar-refractivity contribution is -0.126. The van der Waals surface area contributed by atoms with Crippen molar-refractivity contribution in [2.45, 2.75) is 33.5 Å². The number of carbonyl (C=O) groups is 1. The van der Waals surface area contributed by atoms with E-state index in [0.29, 0.717) is 26.0 Å². The predicted octanol–water partition coefficient (Wildman–Crippen LogP) is 1.12. The predicted molar refractivity (Wildman–Crippen MR) is 64.4 cm³/mol. The Balaban J connectivity index is 2.27. The van der Waals surface area contributed by atoms with Crippen LogP contribution in [0, 0.1) is 5.41 Å². The zero-order valence-electron chi connectivity index (χ0n) is 10.5. The Labute approximate surface area is 98.2 Å². The average Bonchev–Trinajstić information content (AvgIpc) is 2.14. The summed E-state index contributed by atoms with van der Waals surface area (Å²) in [6, 6.07) is 0. The van der Waals surface area contributed by atoms with Crippen LogP contribution >= 0.6 is 0 Å². The highest BCUT2D eigenvalue weighted by molar-refractivity contribution is 6.44. The van der Waals surface area contributed by atoms with Gasteiger partial charge in [-0.1, -0.05) is 20.8 Å². The Morgan fingerprint density at radius 3 is 2.31 bits per heavy atom. The smallest absolute Gasteiger partial charge is 0.410 e. The van der Waals surface area contributed by atoms with Crippen LogP contribution in [0.1, 0.15) is 27.2 Å². The van der Waals surface area contributed by atoms with Crippen molar-refractivity contribution in [3.63, 3.8) is 0 Å². The lowest BCUT2D eigenvalue weighted by Gasteiger charge is -2.20. The van der Waals surface area contributed by atoms with Gasteiger partial charge in [-0.25, -0.2) is 0 Å². The molecule has 0 bridgehead atoms. The topological polar surface area (TPSA) is 47.6 Å². The van der Waals surface area contributed by atoms with Gasteiger partial charge >= 0.3 is 7.12 Å². The largest absolute Gasteiger partial charge is 0.457 e. The van der Waals surface area contributed by atoms with Gasteiger partial charge in [-0.3, -0.25) is 4.79 Å². The first-order valence-corrected chi connectivity index (χ1v) is 5.97. The molecule has 0 unspecified atom stereocenters. The second-order valence-corrected chi connectivity index (χ2v) is 5.13. The molecule has 1 saturated heterocycles. The molecule has 0 amide bonds. The molecule has 1 heterocycles. The molecule has 0 saturated carbocycles. The maximum atomic E-state index is 11.7. The van der Waals surface area contributed by atoms with Gasteiger partial charge in [-0.05, 0) is 6.32 Å². The Morgan fingerprint density at radius 1 is 1.25 bits per heavy atom. The van der Waals surface area contributed by atoms with Crippen LogP contribution in [-0.2, 0) is 14.1 Å². The molecule has 0 radical (unpaired) electrons. The van der Waals surface area contributed by atoms with E-state index >= 15 is 0 Å². The Hall–Kier alpha value is -0.385. The molecule has 0 aliphatic carbocycles. The lowest BCUT2D eigenvalue weighted by atomic mass is 9.77. The minimum absolute atomic E-state index is 0.214. The molecule has 0 atom stereocenters. The summed E-state index contributed by atoms with van der Waals surface area (Å²) in [6.45, 7) is 8.83. The fourth-order valence-electron chi connectivity index (χ4n) is 1.49. The van der Waals surface area contributed by atoms with Crippen LogP contribution in [0.4, 0.5) is 0 Å². The van der Waals surface area contributed by atoms with Crippen molar-refractivity contribution in [2.24, 2.45) is 5.41 Å². The lowest BCUT2D eigenvalue weighted by Crippen LogP contribution is -2.36. The molecular weight excluding hydrogens is 205 g/mol. The van der Waals surface area contributed by atoms with Crippen LogP contribution in [0.25, 0.3) is 0 Å². The molecule has 5 heteroatoms. The minimum atomic E-state index is -0.261. The quantitative estimate of drug-likeness (QED) is 0.734. The number of rotatable bonds is 3. The van der Waals surface area contributed by atoms with Crippen molar-refractivity contribution < 1.29 is 14.1 Å². The summed E-state index contributed by atoms with van der Waals surface area (Å²) < 4.78 is 11.0. The molecule has 1 aliphatic heterocycles. The van der Waals surface area contributed by atoms with E-state index in [1.54, 1.807) is 0 Å². The molecule has 0 aromatic carbocycles. The number of ketones is 1. The summed E-state index contributed by atoms with van der Waals surface area (Å²) in [5, 5.41) is 3.18. The first kappa shape index (κ1) is 13.7. The van der Waals surface area contributed by atoms with Gasteiger partial charge in [0.2, 0.25) is 0 Å². The summed E-state index contributed by atoms with van der Waals surface area (Å²) >= 11 is 0. The minimum Gasteiger partial charge on any atom is -0.410 e. The van der Waals surface area contributed by atoms with Crippen molar-refractivity contribution in [1.29, 1.82) is 0 Å². The Bertz CT molecular complexity index is 220. The fourth-order valence-corrected chi connectivity index (χ4v) is 1.49. The standard InChI is InChI=1S/C11H22BNO3/c1-11(2,3)10(14)4-5-12-15-8-6-13-7-9-16-12/h13H,4-9H2,1-3H3. The Kier molecular flexibility index (Phi) is 5.45. The van der Waals surface area contributed by atoms with E-state index in [2.05, 4.69) is 5.32 Å². The number of nitrogens with one attached hydrogen (secondary N) is 1. The molecule has 1 N–H and O–H groups in total. The molecule has 4 nitrogen and oxygen atoms in total. The molecule has 1 rings (SSSR count). The molecule has 16 heavy (non-hydrogen) atoms. The molecular formula is C11H22BNO3. The van der Waals surface area contributed by atoms with E-state index < -0.39 is 0 Å². The van der Waals surface area contributed by atoms with Crippen molar-refractivity contribution in [2.75, 3.05) is 26.3 Å². The van der Waals surface area contributed by atoms with Crippen LogP contribution in [0.2, 0.25) is 6.32 Å². The van der Waals surface area contributed by atoms with E-state index in [1.165, 1.54) is 0 Å². The number of carbonyl (C=O) groups excluding carboxylic acids is 1. The van der Waals surface area contributed by atoms with Crippen molar-refractivity contribution in [3.05, 3.63) is 0 Å². The third kappa shape index (κ3) is 5.10. The normalized spacial score (nSPS) is 19.1. The number of hydrogen-bond donors (Lipinski definition) is 1. The number of hydrogen-bond acceptors (Lipinski definition) is 4. The molecule has 0 aromatic rings. The second-order valence-electron chi connectivity index (χ2n) is 5.13. The van der Waals surface area contributed by atoms with Gasteiger partial charge in [-0.2, -0.15) is 0 Å². The molecule has 0 aromatic heterocycles. The van der Waals surface area contributed by atoms with Crippen LogP contribution < -0.4 is 5.32 Å². The highest BCUT2D eigenvalue weighted by atomic mass is 16.6. The van der Waals surface area contributed by atoms with Crippen molar-refractivity contribution in [1.82, 2.24) is 5.32 Å². The highest BCUT2D eigenvalue weighted by Crippen LogP contribution is 2.18. The van der Waals surface area contributed by atoms with E-state index in [4.69, 9.17) is 9.31 Å². The van der Waals surface area contributed by atoms with E-state index in [0.717, 1.165) is 13.1 Å². The monoisotopic (exact) mass is 227 g/mol. The molecule has 1 fully saturated rings. The first-order valence-electron chi connectivity index (χ1n) is 5.97. The highest BCUT2D eigenvalue weighted by Gasteiger charge is 2.25. The van der Waals surface area contributed by atoms with Gasteiger partial charge in [0.1, 0.15) is 5.78 Å². The van der Waals surface area contributed by atoms with Crippen LogP contribution in [0.5, 0.6) is 0 Å². The van der Waals surface area contributed by atoms with E-state index in [-0.39, 0.29) is 18.3 Å². The zero-order valence-corrected chi connectivity index (χ0v) is 10.5. The van der Waals surface area contributed by atoms with Crippen molar-refractivity contribution >= 4 is 12.9 Å². The van der Waals surface area contributed by atoms with Gasteiger partial charge in [0.15, 0.2) is 0 Å². The van der Waals surface area contributed by atoms with Gasteiger partial charge < -0.3 is 14.6 Å². The summed E-state index contributed by atoms with van der Waals surface area (Å²) in [4.78, 5) is 11.7. The van der Waals surface area contributed by atoms with Crippen molar-refractivity contribution in [3.8, 4) is 0 Å². The second kappa shape index (κ2) is 6.37. The number of Topliss-reactive ketones (excluding diaryl/α,β-unsaturated/α-hetero) is 1. The summed E-state index contributed by atoms with van der Waals surface area (Å²) in [7, 11) is -0.214. The van der Waals surface area contributed by atoms with Gasteiger partial charge in [0.25, 0.3) is 0 Å². The summed E-state index contributed by atoms with van der Waals surface area (Å²) in [5.74, 6) is 0.264. The maximum Gasteiger partial charge on any atom is 0.457 e.